The molecule has 1 atom stereocenters. The van der Waals surface area contributed by atoms with E-state index in [1.807, 2.05) is 30.3 Å². The van der Waals surface area contributed by atoms with Crippen molar-refractivity contribution in [2.45, 2.75) is 45.6 Å². The van der Waals surface area contributed by atoms with Crippen molar-refractivity contribution >= 4 is 11.8 Å². The molecular weight excluding hydrogens is 254 g/mol. The molecular formula is C16H21NO3. The SMILES string of the molecule is CCCCC[C@@H]1CC(=O)N(OCc2ccccc2)C1=O. The summed E-state index contributed by atoms with van der Waals surface area (Å²) in [6, 6.07) is 9.53. The molecule has 1 saturated heterocycles. The standard InChI is InChI=1S/C16H21NO3/c1-2-3-5-10-14-11-15(18)17(16(14)19)20-12-13-8-6-4-7-9-13/h4,6-9,14H,2-3,5,10-12H2,1H3/t14-/m1/s1. The minimum atomic E-state index is -0.215. The van der Waals surface area contributed by atoms with Crippen LogP contribution < -0.4 is 0 Å². The van der Waals surface area contributed by atoms with Crippen LogP contribution in [0.4, 0.5) is 0 Å². The minimum absolute atomic E-state index is 0.179. The number of carbonyl (C=O) groups is 2. The maximum absolute atomic E-state index is 12.1. The van der Waals surface area contributed by atoms with Crippen molar-refractivity contribution in [3.63, 3.8) is 0 Å². The number of imide groups is 1. The zero-order chi connectivity index (χ0) is 14.4. The lowest BCUT2D eigenvalue weighted by Gasteiger charge is -2.14. The van der Waals surface area contributed by atoms with Gasteiger partial charge >= 0.3 is 0 Å². The Morgan fingerprint density at radius 3 is 2.65 bits per heavy atom. The van der Waals surface area contributed by atoms with Gasteiger partial charge in [0.05, 0.1) is 0 Å². The Labute approximate surface area is 119 Å². The third-order valence-electron chi connectivity index (χ3n) is 3.56. The molecule has 0 aliphatic carbocycles. The van der Waals surface area contributed by atoms with Crippen LogP contribution in [0, 0.1) is 5.92 Å². The third-order valence-corrected chi connectivity index (χ3v) is 3.56. The second-order valence-corrected chi connectivity index (χ2v) is 5.18. The van der Waals surface area contributed by atoms with Crippen molar-refractivity contribution in [3.8, 4) is 0 Å². The first-order valence-corrected chi connectivity index (χ1v) is 7.26. The van der Waals surface area contributed by atoms with Gasteiger partial charge in [0.25, 0.3) is 11.8 Å². The van der Waals surface area contributed by atoms with E-state index in [4.69, 9.17) is 4.84 Å². The number of amides is 2. The van der Waals surface area contributed by atoms with E-state index >= 15 is 0 Å². The van der Waals surface area contributed by atoms with Crippen LogP contribution in [0.1, 0.15) is 44.6 Å². The highest BCUT2D eigenvalue weighted by molar-refractivity contribution is 6.02. The number of unbranched alkanes of at least 4 members (excludes halogenated alkanes) is 2. The van der Waals surface area contributed by atoms with Crippen molar-refractivity contribution in [3.05, 3.63) is 35.9 Å². The van der Waals surface area contributed by atoms with Gasteiger partial charge in [0.15, 0.2) is 0 Å². The molecule has 1 aromatic carbocycles. The first kappa shape index (κ1) is 14.7. The molecule has 1 aliphatic heterocycles. The normalized spacial score (nSPS) is 18.9. The smallest absolute Gasteiger partial charge is 0.257 e. The van der Waals surface area contributed by atoms with Crippen molar-refractivity contribution < 1.29 is 14.4 Å². The van der Waals surface area contributed by atoms with E-state index in [1.54, 1.807) is 0 Å². The Balaban J connectivity index is 1.85. The van der Waals surface area contributed by atoms with E-state index in [0.29, 0.717) is 0 Å². The summed E-state index contributed by atoms with van der Waals surface area (Å²) >= 11 is 0. The van der Waals surface area contributed by atoms with Gasteiger partial charge in [-0.1, -0.05) is 56.5 Å². The highest BCUT2D eigenvalue weighted by atomic mass is 16.7. The second kappa shape index (κ2) is 7.20. The summed E-state index contributed by atoms with van der Waals surface area (Å²) in [6.45, 7) is 2.37. The van der Waals surface area contributed by atoms with Crippen LogP contribution in [0.5, 0.6) is 0 Å². The maximum Gasteiger partial charge on any atom is 0.257 e. The average Bonchev–Trinajstić information content (AvgIpc) is 2.73. The van der Waals surface area contributed by atoms with Crippen molar-refractivity contribution in [1.29, 1.82) is 0 Å². The molecule has 108 valence electrons. The van der Waals surface area contributed by atoms with Crippen LogP contribution in [-0.2, 0) is 21.0 Å². The van der Waals surface area contributed by atoms with E-state index in [2.05, 4.69) is 6.92 Å². The highest BCUT2D eigenvalue weighted by Gasteiger charge is 2.39. The number of hydrogen-bond donors (Lipinski definition) is 0. The number of carbonyl (C=O) groups excluding carboxylic acids is 2. The molecule has 20 heavy (non-hydrogen) atoms. The lowest BCUT2D eigenvalue weighted by molar-refractivity contribution is -0.192. The monoisotopic (exact) mass is 275 g/mol. The zero-order valence-electron chi connectivity index (χ0n) is 11.9. The van der Waals surface area contributed by atoms with Gasteiger partial charge in [-0.25, -0.2) is 0 Å². The third kappa shape index (κ3) is 3.67. The molecule has 0 aromatic heterocycles. The fourth-order valence-corrected chi connectivity index (χ4v) is 2.38. The largest absolute Gasteiger partial charge is 0.272 e. The highest BCUT2D eigenvalue weighted by Crippen LogP contribution is 2.25. The molecule has 1 heterocycles. The molecule has 0 bridgehead atoms. The number of nitrogens with zero attached hydrogens (tertiary/aromatic N) is 1. The molecule has 0 unspecified atom stereocenters. The molecule has 0 spiro atoms. The molecule has 2 rings (SSSR count). The van der Waals surface area contributed by atoms with Gasteiger partial charge in [-0.3, -0.25) is 14.4 Å². The Bertz CT molecular complexity index is 458. The molecule has 0 saturated carbocycles. The van der Waals surface area contributed by atoms with Gasteiger partial charge in [0.1, 0.15) is 6.61 Å². The number of benzene rings is 1. The topological polar surface area (TPSA) is 46.6 Å². The molecule has 1 fully saturated rings. The van der Waals surface area contributed by atoms with Crippen LogP contribution in [0.3, 0.4) is 0 Å². The first-order valence-electron chi connectivity index (χ1n) is 7.26. The lowest BCUT2D eigenvalue weighted by atomic mass is 10.00. The van der Waals surface area contributed by atoms with E-state index < -0.39 is 0 Å². The summed E-state index contributed by atoms with van der Waals surface area (Å²) in [6.07, 6.45) is 4.28. The van der Waals surface area contributed by atoms with E-state index in [-0.39, 0.29) is 30.8 Å². The minimum Gasteiger partial charge on any atom is -0.272 e. The van der Waals surface area contributed by atoms with E-state index in [0.717, 1.165) is 36.3 Å². The fraction of sp³-hybridized carbons (Fsp3) is 0.500. The lowest BCUT2D eigenvalue weighted by Crippen LogP contribution is -2.30. The quantitative estimate of drug-likeness (QED) is 0.567. The molecule has 1 aromatic rings. The van der Waals surface area contributed by atoms with Crippen molar-refractivity contribution in [2.75, 3.05) is 0 Å². The van der Waals surface area contributed by atoms with Crippen LogP contribution in [0.25, 0.3) is 0 Å². The Kier molecular flexibility index (Phi) is 5.30. The van der Waals surface area contributed by atoms with Crippen LogP contribution in [0.15, 0.2) is 30.3 Å². The predicted molar refractivity (Wildman–Crippen MR) is 75.3 cm³/mol. The summed E-state index contributed by atoms with van der Waals surface area (Å²) in [5, 5.41) is 0.962. The summed E-state index contributed by atoms with van der Waals surface area (Å²) in [5.41, 5.74) is 0.947. The Morgan fingerprint density at radius 1 is 1.20 bits per heavy atom. The first-order chi connectivity index (χ1) is 9.72. The van der Waals surface area contributed by atoms with Crippen molar-refractivity contribution in [2.24, 2.45) is 5.92 Å². The molecule has 4 heteroatoms. The van der Waals surface area contributed by atoms with Gasteiger partial charge in [0.2, 0.25) is 0 Å². The summed E-state index contributed by atoms with van der Waals surface area (Å²) < 4.78 is 0. The number of hydrogen-bond acceptors (Lipinski definition) is 3. The summed E-state index contributed by atoms with van der Waals surface area (Å²) in [7, 11) is 0. The molecule has 0 radical (unpaired) electrons. The van der Waals surface area contributed by atoms with Crippen LogP contribution in [0.2, 0.25) is 0 Å². The van der Waals surface area contributed by atoms with E-state index in [1.165, 1.54) is 0 Å². The van der Waals surface area contributed by atoms with Gasteiger partial charge in [-0.05, 0) is 12.0 Å². The van der Waals surface area contributed by atoms with Gasteiger partial charge in [0, 0.05) is 12.3 Å². The summed E-state index contributed by atoms with van der Waals surface area (Å²) in [4.78, 5) is 29.3. The maximum atomic E-state index is 12.1. The summed E-state index contributed by atoms with van der Waals surface area (Å²) in [5.74, 6) is -0.584. The zero-order valence-corrected chi connectivity index (χ0v) is 11.9. The molecule has 1 aliphatic rings. The molecule has 4 nitrogen and oxygen atoms in total. The van der Waals surface area contributed by atoms with Crippen molar-refractivity contribution in [1.82, 2.24) is 5.06 Å². The number of rotatable bonds is 7. The van der Waals surface area contributed by atoms with Gasteiger partial charge in [-0.2, -0.15) is 5.06 Å². The predicted octanol–water partition coefficient (Wildman–Crippen LogP) is 3.07. The fourth-order valence-electron chi connectivity index (χ4n) is 2.38. The number of hydroxylamine groups is 2. The molecule has 0 N–H and O–H groups in total. The van der Waals surface area contributed by atoms with Gasteiger partial charge < -0.3 is 0 Å². The van der Waals surface area contributed by atoms with Crippen LogP contribution >= 0.6 is 0 Å². The second-order valence-electron chi connectivity index (χ2n) is 5.18. The van der Waals surface area contributed by atoms with E-state index in [9.17, 15) is 9.59 Å². The Hall–Kier alpha value is -1.68. The Morgan fingerprint density at radius 2 is 1.95 bits per heavy atom. The van der Waals surface area contributed by atoms with Gasteiger partial charge in [-0.15, -0.1) is 0 Å². The van der Waals surface area contributed by atoms with Crippen LogP contribution in [-0.4, -0.2) is 16.9 Å². The average molecular weight is 275 g/mol. The molecule has 2 amide bonds.